The van der Waals surface area contributed by atoms with Gasteiger partial charge in [-0.25, -0.2) is 4.98 Å². The van der Waals surface area contributed by atoms with Gasteiger partial charge in [-0.05, 0) is 50.3 Å². The first kappa shape index (κ1) is 20.9. The Hall–Kier alpha value is -2.83. The fourth-order valence-electron chi connectivity index (χ4n) is 3.37. The Kier molecular flexibility index (Phi) is 7.67. The summed E-state index contributed by atoms with van der Waals surface area (Å²) in [6.45, 7) is 4.76. The number of piperidine rings is 1. The molecular weight excluding hydrogens is 368 g/mol. The van der Waals surface area contributed by atoms with Crippen molar-refractivity contribution in [2.75, 3.05) is 38.3 Å². The minimum atomic E-state index is 0.0114. The monoisotopic (exact) mass is 398 g/mol. The highest BCUT2D eigenvalue weighted by Crippen LogP contribution is 2.21. The lowest BCUT2D eigenvalue weighted by Gasteiger charge is -2.28. The van der Waals surface area contributed by atoms with Crippen LogP contribution >= 0.6 is 0 Å². The zero-order valence-electron chi connectivity index (χ0n) is 17.3. The fraction of sp³-hybridized carbons (Fsp3) is 0.500. The summed E-state index contributed by atoms with van der Waals surface area (Å²) in [5.74, 6) is 3.02. The standard InChI is InChI=1S/C22H30N4O3/c1-17-24-20(26-13-4-3-5-14-26)16-22(25-17)29-15-12-23-21(27)11-8-18-6-9-19(28-2)10-7-18/h6-7,9-10,16H,3-5,8,11-15H2,1-2H3,(H,23,27). The molecule has 7 nitrogen and oxygen atoms in total. The number of amides is 1. The second-order valence-electron chi connectivity index (χ2n) is 7.21. The smallest absolute Gasteiger partial charge is 0.220 e. The molecule has 2 heterocycles. The molecule has 0 spiro atoms. The third kappa shape index (κ3) is 6.62. The van der Waals surface area contributed by atoms with Gasteiger partial charge in [0.15, 0.2) is 0 Å². The maximum atomic E-state index is 12.0. The average Bonchev–Trinajstić information content (AvgIpc) is 2.76. The number of aromatic nitrogens is 2. The maximum absolute atomic E-state index is 12.0. The van der Waals surface area contributed by atoms with E-state index in [9.17, 15) is 4.79 Å². The SMILES string of the molecule is COc1ccc(CCC(=O)NCCOc2cc(N3CCCCC3)nc(C)n2)cc1. The average molecular weight is 399 g/mol. The molecule has 1 amide bonds. The van der Waals surface area contributed by atoms with Crippen molar-refractivity contribution in [3.05, 3.63) is 41.7 Å². The molecule has 0 aliphatic carbocycles. The van der Waals surface area contributed by atoms with Gasteiger partial charge in [0.2, 0.25) is 11.8 Å². The minimum Gasteiger partial charge on any atom is -0.497 e. The van der Waals surface area contributed by atoms with Crippen molar-refractivity contribution < 1.29 is 14.3 Å². The molecule has 29 heavy (non-hydrogen) atoms. The van der Waals surface area contributed by atoms with E-state index in [1.807, 2.05) is 37.3 Å². The van der Waals surface area contributed by atoms with Gasteiger partial charge < -0.3 is 19.7 Å². The molecule has 0 radical (unpaired) electrons. The highest BCUT2D eigenvalue weighted by molar-refractivity contribution is 5.76. The van der Waals surface area contributed by atoms with Gasteiger partial charge in [0.1, 0.15) is 24.0 Å². The normalized spacial score (nSPS) is 13.8. The van der Waals surface area contributed by atoms with Gasteiger partial charge in [0.25, 0.3) is 0 Å². The number of hydrogen-bond acceptors (Lipinski definition) is 6. The number of nitrogens with one attached hydrogen (secondary N) is 1. The number of benzene rings is 1. The van der Waals surface area contributed by atoms with Gasteiger partial charge >= 0.3 is 0 Å². The Morgan fingerprint density at radius 1 is 1.14 bits per heavy atom. The number of hydrogen-bond donors (Lipinski definition) is 1. The predicted octanol–water partition coefficient (Wildman–Crippen LogP) is 2.91. The molecule has 1 fully saturated rings. The molecule has 1 aliphatic heterocycles. The second kappa shape index (κ2) is 10.6. The third-order valence-electron chi connectivity index (χ3n) is 4.95. The van der Waals surface area contributed by atoms with Crippen LogP contribution in [0.1, 0.15) is 37.1 Å². The molecule has 156 valence electrons. The zero-order chi connectivity index (χ0) is 20.5. The van der Waals surface area contributed by atoms with Crippen molar-refractivity contribution in [1.29, 1.82) is 0 Å². The van der Waals surface area contributed by atoms with Crippen molar-refractivity contribution in [1.82, 2.24) is 15.3 Å². The largest absolute Gasteiger partial charge is 0.497 e. The summed E-state index contributed by atoms with van der Waals surface area (Å²) in [4.78, 5) is 23.2. The van der Waals surface area contributed by atoms with Gasteiger partial charge in [-0.2, -0.15) is 4.98 Å². The summed E-state index contributed by atoms with van der Waals surface area (Å²) in [5.41, 5.74) is 1.11. The van der Waals surface area contributed by atoms with E-state index >= 15 is 0 Å². The summed E-state index contributed by atoms with van der Waals surface area (Å²) in [6.07, 6.45) is 4.81. The van der Waals surface area contributed by atoms with Crippen LogP contribution in [0.5, 0.6) is 11.6 Å². The van der Waals surface area contributed by atoms with E-state index < -0.39 is 0 Å². The number of anilines is 1. The van der Waals surface area contributed by atoms with Gasteiger partial charge in [-0.1, -0.05) is 12.1 Å². The number of carbonyl (C=O) groups is 1. The summed E-state index contributed by atoms with van der Waals surface area (Å²) < 4.78 is 10.9. The lowest BCUT2D eigenvalue weighted by atomic mass is 10.1. The van der Waals surface area contributed by atoms with Crippen LogP contribution in [0.4, 0.5) is 5.82 Å². The number of carbonyl (C=O) groups excluding carboxylic acids is 1. The van der Waals surface area contributed by atoms with Crippen molar-refractivity contribution in [2.45, 2.75) is 39.0 Å². The molecule has 1 N–H and O–H groups in total. The second-order valence-corrected chi connectivity index (χ2v) is 7.21. The molecule has 0 unspecified atom stereocenters. The summed E-state index contributed by atoms with van der Waals surface area (Å²) in [6, 6.07) is 9.66. The van der Waals surface area contributed by atoms with Crippen LogP contribution in [0, 0.1) is 6.92 Å². The summed E-state index contributed by atoms with van der Waals surface area (Å²) in [7, 11) is 1.64. The number of nitrogens with zero attached hydrogens (tertiary/aromatic N) is 3. The molecule has 0 atom stereocenters. The molecule has 2 aromatic rings. The van der Waals surface area contributed by atoms with Crippen molar-refractivity contribution >= 4 is 11.7 Å². The number of ether oxygens (including phenoxy) is 2. The fourth-order valence-corrected chi connectivity index (χ4v) is 3.37. The van der Waals surface area contributed by atoms with Gasteiger partial charge in [-0.3, -0.25) is 4.79 Å². The van der Waals surface area contributed by atoms with Crippen LogP contribution in [0.3, 0.4) is 0 Å². The van der Waals surface area contributed by atoms with E-state index in [-0.39, 0.29) is 5.91 Å². The molecule has 3 rings (SSSR count). The van der Waals surface area contributed by atoms with Crippen LogP contribution in [-0.2, 0) is 11.2 Å². The third-order valence-corrected chi connectivity index (χ3v) is 4.95. The Labute approximate surface area is 172 Å². The van der Waals surface area contributed by atoms with Crippen molar-refractivity contribution in [2.24, 2.45) is 0 Å². The molecule has 1 aromatic heterocycles. The summed E-state index contributed by atoms with van der Waals surface area (Å²) in [5, 5.41) is 2.90. The quantitative estimate of drug-likeness (QED) is 0.655. The number of methoxy groups -OCH3 is 1. The predicted molar refractivity (Wildman–Crippen MR) is 113 cm³/mol. The molecule has 0 saturated carbocycles. The highest BCUT2D eigenvalue weighted by atomic mass is 16.5. The van der Waals surface area contributed by atoms with Crippen LogP contribution < -0.4 is 19.7 Å². The van der Waals surface area contributed by atoms with Crippen molar-refractivity contribution in [3.63, 3.8) is 0 Å². The molecule has 1 aromatic carbocycles. The Morgan fingerprint density at radius 2 is 1.90 bits per heavy atom. The summed E-state index contributed by atoms with van der Waals surface area (Å²) >= 11 is 0. The zero-order valence-corrected chi connectivity index (χ0v) is 17.3. The maximum Gasteiger partial charge on any atom is 0.220 e. The van der Waals surface area contributed by atoms with Crippen LogP contribution in [-0.4, -0.2) is 49.2 Å². The van der Waals surface area contributed by atoms with E-state index in [1.54, 1.807) is 7.11 Å². The van der Waals surface area contributed by atoms with E-state index in [0.717, 1.165) is 30.2 Å². The topological polar surface area (TPSA) is 76.6 Å². The van der Waals surface area contributed by atoms with E-state index in [4.69, 9.17) is 9.47 Å². The Morgan fingerprint density at radius 3 is 2.62 bits per heavy atom. The first-order valence-corrected chi connectivity index (χ1v) is 10.3. The van der Waals surface area contributed by atoms with Crippen LogP contribution in [0.25, 0.3) is 0 Å². The molecular formula is C22H30N4O3. The number of aryl methyl sites for hydroxylation is 2. The Bertz CT molecular complexity index is 789. The van der Waals surface area contributed by atoms with Gasteiger partial charge in [0, 0.05) is 25.6 Å². The van der Waals surface area contributed by atoms with E-state index in [0.29, 0.717) is 37.7 Å². The molecule has 1 aliphatic rings. The lowest BCUT2D eigenvalue weighted by molar-refractivity contribution is -0.121. The molecule has 0 bridgehead atoms. The molecule has 7 heteroatoms. The van der Waals surface area contributed by atoms with E-state index in [1.165, 1.54) is 19.3 Å². The lowest BCUT2D eigenvalue weighted by Crippen LogP contribution is -2.30. The van der Waals surface area contributed by atoms with Crippen LogP contribution in [0.15, 0.2) is 30.3 Å². The Balaban J connectivity index is 1.39. The van der Waals surface area contributed by atoms with Crippen molar-refractivity contribution in [3.8, 4) is 11.6 Å². The molecule has 1 saturated heterocycles. The van der Waals surface area contributed by atoms with Gasteiger partial charge in [-0.15, -0.1) is 0 Å². The highest BCUT2D eigenvalue weighted by Gasteiger charge is 2.14. The van der Waals surface area contributed by atoms with Gasteiger partial charge in [0.05, 0.1) is 13.7 Å². The van der Waals surface area contributed by atoms with E-state index in [2.05, 4.69) is 20.2 Å². The first-order chi connectivity index (χ1) is 14.1. The minimum absolute atomic E-state index is 0.0114. The number of rotatable bonds is 9. The first-order valence-electron chi connectivity index (χ1n) is 10.3. The van der Waals surface area contributed by atoms with Crippen LogP contribution in [0.2, 0.25) is 0 Å².